The second kappa shape index (κ2) is 5.30. The number of carbonyl (C=O) groups excluding carboxylic acids is 4. The molecular formula is C25H28O5. The van der Waals surface area contributed by atoms with Crippen LogP contribution < -0.4 is 0 Å². The molecule has 5 nitrogen and oxygen atoms in total. The highest BCUT2D eigenvalue weighted by atomic mass is 16.5. The molecule has 0 aromatic heterocycles. The summed E-state index contributed by atoms with van der Waals surface area (Å²) < 4.78 is 5.55. The van der Waals surface area contributed by atoms with Gasteiger partial charge in [0.25, 0.3) is 0 Å². The smallest absolute Gasteiger partial charge is 0.334 e. The highest BCUT2D eigenvalue weighted by molar-refractivity contribution is 6.08. The van der Waals surface area contributed by atoms with Gasteiger partial charge in [-0.15, -0.1) is 0 Å². The van der Waals surface area contributed by atoms with Gasteiger partial charge in [0.05, 0.1) is 5.41 Å². The van der Waals surface area contributed by atoms with Crippen molar-refractivity contribution in [2.75, 3.05) is 6.61 Å². The molecule has 2 spiro atoms. The van der Waals surface area contributed by atoms with Crippen LogP contribution in [0.2, 0.25) is 0 Å². The van der Waals surface area contributed by atoms with E-state index in [0.717, 1.165) is 5.57 Å². The lowest BCUT2D eigenvalue weighted by Gasteiger charge is -2.60. The SMILES string of the molecule is CC1=CC(=O)[C@]2(C)C=C3C(=O)OC[C@]13[C@@]1(CC[C@H]3C(C)(C)C(=O)C=C[C@]3(C)C1=O)C2. The largest absolute Gasteiger partial charge is 0.461 e. The fourth-order valence-corrected chi connectivity index (χ4v) is 7.57. The van der Waals surface area contributed by atoms with Crippen LogP contribution in [0.15, 0.2) is 35.5 Å². The zero-order valence-electron chi connectivity index (χ0n) is 18.3. The number of allylic oxidation sites excluding steroid dienone is 4. The lowest BCUT2D eigenvalue weighted by atomic mass is 9.39. The van der Waals surface area contributed by atoms with Crippen molar-refractivity contribution >= 4 is 23.3 Å². The predicted octanol–water partition coefficient (Wildman–Crippen LogP) is 3.53. The van der Waals surface area contributed by atoms with Gasteiger partial charge in [-0.05, 0) is 58.1 Å². The third-order valence-electron chi connectivity index (χ3n) is 9.23. The topological polar surface area (TPSA) is 77.5 Å². The summed E-state index contributed by atoms with van der Waals surface area (Å²) in [5, 5.41) is 0. The van der Waals surface area contributed by atoms with Crippen LogP contribution in [0.4, 0.5) is 0 Å². The molecule has 1 saturated carbocycles. The average Bonchev–Trinajstić information content (AvgIpc) is 2.94. The van der Waals surface area contributed by atoms with E-state index in [-0.39, 0.29) is 29.9 Å². The Balaban J connectivity index is 1.78. The van der Waals surface area contributed by atoms with Gasteiger partial charge in [-0.1, -0.05) is 31.6 Å². The molecule has 0 amide bonds. The number of hydrogen-bond acceptors (Lipinski definition) is 5. The molecule has 0 unspecified atom stereocenters. The number of ether oxygens (including phenoxy) is 1. The molecule has 158 valence electrons. The Labute approximate surface area is 176 Å². The first-order chi connectivity index (χ1) is 13.9. The monoisotopic (exact) mass is 408 g/mol. The minimum absolute atomic E-state index is 0.0423. The van der Waals surface area contributed by atoms with Crippen LogP contribution >= 0.6 is 0 Å². The Morgan fingerprint density at radius 2 is 1.73 bits per heavy atom. The molecule has 5 atom stereocenters. The number of carbonyl (C=O) groups is 4. The lowest BCUT2D eigenvalue weighted by Crippen LogP contribution is -2.64. The van der Waals surface area contributed by atoms with Crippen LogP contribution in [0.5, 0.6) is 0 Å². The van der Waals surface area contributed by atoms with Crippen molar-refractivity contribution < 1.29 is 23.9 Å². The van der Waals surface area contributed by atoms with Crippen LogP contribution in [0, 0.1) is 33.0 Å². The molecular weight excluding hydrogens is 380 g/mol. The lowest BCUT2D eigenvalue weighted by molar-refractivity contribution is -0.163. The quantitative estimate of drug-likeness (QED) is 0.573. The van der Waals surface area contributed by atoms with Gasteiger partial charge in [0.2, 0.25) is 0 Å². The Morgan fingerprint density at radius 1 is 1.03 bits per heavy atom. The normalized spacial score (nSPS) is 46.2. The molecule has 5 heteroatoms. The van der Waals surface area contributed by atoms with Crippen molar-refractivity contribution in [2.24, 2.45) is 33.0 Å². The highest BCUT2D eigenvalue weighted by Gasteiger charge is 2.74. The standard InChI is InChI=1S/C25H28O5/c1-14-10-18(27)22(4)11-15-19(28)30-13-25(14,15)24(12-22)9-6-16-21(2,3)17(26)7-8-23(16,5)20(24)29/h7-8,10-11,16H,6,9,12-13H2,1-5H3/t16-,22+,23-,24-,25-/m0/s1. The Bertz CT molecular complexity index is 1040. The van der Waals surface area contributed by atoms with E-state index in [9.17, 15) is 19.2 Å². The Hall–Kier alpha value is -2.30. The first kappa shape index (κ1) is 19.7. The third kappa shape index (κ3) is 1.86. The average molecular weight is 408 g/mol. The van der Waals surface area contributed by atoms with Gasteiger partial charge in [-0.2, -0.15) is 0 Å². The predicted molar refractivity (Wildman–Crippen MR) is 109 cm³/mol. The number of rotatable bonds is 0. The summed E-state index contributed by atoms with van der Waals surface area (Å²) in [7, 11) is 0. The summed E-state index contributed by atoms with van der Waals surface area (Å²) in [6, 6.07) is 0. The van der Waals surface area contributed by atoms with Gasteiger partial charge in [0, 0.05) is 27.2 Å². The number of esters is 1. The maximum atomic E-state index is 14.5. The van der Waals surface area contributed by atoms with E-state index < -0.39 is 33.0 Å². The fourth-order valence-electron chi connectivity index (χ4n) is 7.57. The Kier molecular flexibility index (Phi) is 3.47. The van der Waals surface area contributed by atoms with Gasteiger partial charge in [-0.25, -0.2) is 4.79 Å². The molecule has 30 heavy (non-hydrogen) atoms. The van der Waals surface area contributed by atoms with Gasteiger partial charge < -0.3 is 4.74 Å². The number of cyclic esters (lactones) is 1. The van der Waals surface area contributed by atoms with Crippen LogP contribution in [0.25, 0.3) is 0 Å². The van der Waals surface area contributed by atoms with Gasteiger partial charge in [0.1, 0.15) is 12.4 Å². The van der Waals surface area contributed by atoms with E-state index in [1.165, 1.54) is 0 Å². The second-order valence-corrected chi connectivity index (χ2v) is 11.0. The number of Topliss-reactive ketones (excluding diaryl/α,β-unsaturated/α-hetero) is 1. The van der Waals surface area contributed by atoms with Crippen molar-refractivity contribution in [3.05, 3.63) is 35.5 Å². The minimum atomic E-state index is -0.914. The molecule has 1 heterocycles. The Morgan fingerprint density at radius 3 is 2.43 bits per heavy atom. The van der Waals surface area contributed by atoms with Crippen molar-refractivity contribution in [1.29, 1.82) is 0 Å². The molecule has 1 saturated heterocycles. The van der Waals surface area contributed by atoms with E-state index >= 15 is 0 Å². The summed E-state index contributed by atoms with van der Waals surface area (Å²) in [6.07, 6.45) is 8.35. The summed E-state index contributed by atoms with van der Waals surface area (Å²) in [5.74, 6) is -0.497. The summed E-state index contributed by atoms with van der Waals surface area (Å²) in [6.45, 7) is 9.58. The van der Waals surface area contributed by atoms with Crippen LogP contribution in [0.3, 0.4) is 0 Å². The van der Waals surface area contributed by atoms with E-state index in [1.54, 1.807) is 24.3 Å². The van der Waals surface area contributed by atoms with Crippen LogP contribution in [-0.2, 0) is 23.9 Å². The maximum absolute atomic E-state index is 14.5. The number of fused-ring (bicyclic) bond motifs is 2. The first-order valence-corrected chi connectivity index (χ1v) is 10.8. The van der Waals surface area contributed by atoms with E-state index in [4.69, 9.17) is 4.74 Å². The van der Waals surface area contributed by atoms with Crippen molar-refractivity contribution in [3.63, 3.8) is 0 Å². The molecule has 0 aromatic rings. The molecule has 2 fully saturated rings. The summed E-state index contributed by atoms with van der Waals surface area (Å²) in [4.78, 5) is 53.1. The molecule has 0 radical (unpaired) electrons. The maximum Gasteiger partial charge on any atom is 0.334 e. The highest BCUT2D eigenvalue weighted by Crippen LogP contribution is 2.71. The molecule has 5 aliphatic carbocycles. The van der Waals surface area contributed by atoms with Gasteiger partial charge in [-0.3, -0.25) is 14.4 Å². The number of ketones is 3. The number of hydrogen-bond donors (Lipinski definition) is 0. The van der Waals surface area contributed by atoms with Gasteiger partial charge in [0.15, 0.2) is 11.6 Å². The van der Waals surface area contributed by atoms with Gasteiger partial charge >= 0.3 is 5.97 Å². The van der Waals surface area contributed by atoms with Crippen LogP contribution in [0.1, 0.15) is 53.9 Å². The van der Waals surface area contributed by atoms with Crippen molar-refractivity contribution in [3.8, 4) is 0 Å². The molecule has 1 aliphatic heterocycles. The third-order valence-corrected chi connectivity index (χ3v) is 9.23. The molecule has 0 aromatic carbocycles. The molecule has 0 N–H and O–H groups in total. The molecule has 2 bridgehead atoms. The zero-order chi connectivity index (χ0) is 21.9. The van der Waals surface area contributed by atoms with Crippen molar-refractivity contribution in [1.82, 2.24) is 0 Å². The van der Waals surface area contributed by atoms with E-state index in [1.807, 2.05) is 34.6 Å². The fraction of sp³-hybridized carbons (Fsp3) is 0.600. The van der Waals surface area contributed by atoms with E-state index in [0.29, 0.717) is 24.8 Å². The minimum Gasteiger partial charge on any atom is -0.461 e. The zero-order valence-corrected chi connectivity index (χ0v) is 18.3. The summed E-state index contributed by atoms with van der Waals surface area (Å²) >= 11 is 0. The molecule has 6 aliphatic rings. The summed E-state index contributed by atoms with van der Waals surface area (Å²) in [5.41, 5.74) is -2.96. The van der Waals surface area contributed by atoms with Crippen LogP contribution in [-0.4, -0.2) is 29.9 Å². The van der Waals surface area contributed by atoms with E-state index in [2.05, 4.69) is 0 Å². The second-order valence-electron chi connectivity index (χ2n) is 11.0. The van der Waals surface area contributed by atoms with Crippen molar-refractivity contribution in [2.45, 2.75) is 53.9 Å². The first-order valence-electron chi connectivity index (χ1n) is 10.8. The molecule has 6 rings (SSSR count).